The van der Waals surface area contributed by atoms with Gasteiger partial charge >= 0.3 is 58.4 Å². The van der Waals surface area contributed by atoms with Crippen LogP contribution in [0.1, 0.15) is 5.82 Å². The SMILES string of the molecule is Cn1nnc(COc2ccccc2[B-](F)(F)F)n1.[K+]. The Labute approximate surface area is 150 Å². The molecule has 5 nitrogen and oxygen atoms in total. The van der Waals surface area contributed by atoms with Gasteiger partial charge in [-0.2, -0.15) is 4.80 Å². The predicted octanol–water partition coefficient (Wildman–Crippen LogP) is -2.15. The van der Waals surface area contributed by atoms with Gasteiger partial charge in [-0.25, -0.2) is 0 Å². The summed E-state index contributed by atoms with van der Waals surface area (Å²) in [5.41, 5.74) is -0.763. The largest absolute Gasteiger partial charge is 1.00 e. The fraction of sp³-hybridized carbons (Fsp3) is 0.222. The molecule has 0 spiro atoms. The summed E-state index contributed by atoms with van der Waals surface area (Å²) in [4.78, 5) is 1.21. The Balaban J connectivity index is 0.00000180. The molecule has 2 aromatic rings. The maximum Gasteiger partial charge on any atom is 1.00 e. The Morgan fingerprint density at radius 2 is 1.95 bits per heavy atom. The van der Waals surface area contributed by atoms with Gasteiger partial charge < -0.3 is 17.7 Å². The Bertz CT molecular complexity index is 548. The van der Waals surface area contributed by atoms with Crippen molar-refractivity contribution >= 4 is 12.4 Å². The molecule has 2 rings (SSSR count). The molecule has 0 saturated carbocycles. The molecule has 1 aromatic heterocycles. The zero-order chi connectivity index (χ0) is 13.2. The summed E-state index contributed by atoms with van der Waals surface area (Å²) in [5, 5.41) is 11.0. The molecular formula is C9H9BF3KN4O. The van der Waals surface area contributed by atoms with E-state index in [0.29, 0.717) is 0 Å². The summed E-state index contributed by atoms with van der Waals surface area (Å²) in [6.45, 7) is -5.26. The van der Waals surface area contributed by atoms with Crippen molar-refractivity contribution in [2.45, 2.75) is 6.61 Å². The van der Waals surface area contributed by atoms with E-state index < -0.39 is 12.4 Å². The molecule has 0 amide bonds. The number of hydrogen-bond donors (Lipinski definition) is 0. The fourth-order valence-electron chi connectivity index (χ4n) is 1.41. The number of halogens is 3. The van der Waals surface area contributed by atoms with Crippen LogP contribution in [0.4, 0.5) is 12.9 Å². The van der Waals surface area contributed by atoms with Crippen LogP contribution in [0.2, 0.25) is 0 Å². The molecule has 1 heterocycles. The van der Waals surface area contributed by atoms with E-state index in [1.54, 1.807) is 7.05 Å². The van der Waals surface area contributed by atoms with E-state index in [4.69, 9.17) is 4.74 Å². The number of para-hydroxylation sites is 1. The van der Waals surface area contributed by atoms with Gasteiger partial charge in [0.15, 0.2) is 6.61 Å². The van der Waals surface area contributed by atoms with E-state index >= 15 is 0 Å². The minimum atomic E-state index is -5.10. The second-order valence-electron chi connectivity index (χ2n) is 3.60. The summed E-state index contributed by atoms with van der Waals surface area (Å²) in [5.74, 6) is -0.000527. The number of rotatable bonds is 4. The molecule has 0 aliphatic rings. The third kappa shape index (κ3) is 4.56. The molecule has 0 N–H and O–H groups in total. The standard InChI is InChI=1S/C9H9BF3N4O.K/c1-17-15-9(14-16-17)6-18-8-5-3-2-4-7(8)10(11,12)13;/h2-5H,6H2,1H3;/q-1;+1. The van der Waals surface area contributed by atoms with Gasteiger partial charge in [0.1, 0.15) is 0 Å². The Morgan fingerprint density at radius 1 is 1.26 bits per heavy atom. The van der Waals surface area contributed by atoms with Crippen molar-refractivity contribution in [2.75, 3.05) is 0 Å². The van der Waals surface area contributed by atoms with Crippen molar-refractivity contribution in [3.63, 3.8) is 0 Å². The molecule has 10 heteroatoms. The number of aryl methyl sites for hydroxylation is 1. The van der Waals surface area contributed by atoms with Crippen LogP contribution in [0.5, 0.6) is 5.75 Å². The second kappa shape index (κ2) is 6.84. The van der Waals surface area contributed by atoms with E-state index in [-0.39, 0.29) is 69.6 Å². The maximum atomic E-state index is 12.7. The van der Waals surface area contributed by atoms with E-state index in [9.17, 15) is 12.9 Å². The number of tetrazole rings is 1. The van der Waals surface area contributed by atoms with Gasteiger partial charge in [-0.15, -0.1) is 10.2 Å². The number of benzene rings is 1. The minimum Gasteiger partial charge on any atom is -0.488 e. The van der Waals surface area contributed by atoms with Crippen molar-refractivity contribution < 1.29 is 69.1 Å². The van der Waals surface area contributed by atoms with Gasteiger partial charge in [-0.05, 0) is 11.3 Å². The van der Waals surface area contributed by atoms with Gasteiger partial charge in [0, 0.05) is 0 Å². The van der Waals surface area contributed by atoms with E-state index in [1.165, 1.54) is 23.0 Å². The average molecular weight is 296 g/mol. The van der Waals surface area contributed by atoms with Crippen molar-refractivity contribution in [3.05, 3.63) is 30.1 Å². The predicted molar refractivity (Wildman–Crippen MR) is 58.3 cm³/mol. The first-order chi connectivity index (χ1) is 8.47. The first-order valence-corrected chi connectivity index (χ1v) is 5.11. The molecule has 0 saturated heterocycles. The molecule has 1 aromatic carbocycles. The Kier molecular flexibility index (Phi) is 5.99. The monoisotopic (exact) mass is 296 g/mol. The number of ether oxygens (including phenoxy) is 1. The molecule has 0 radical (unpaired) electrons. The van der Waals surface area contributed by atoms with Gasteiger partial charge in [0.25, 0.3) is 0 Å². The normalized spacial score (nSPS) is 10.9. The topological polar surface area (TPSA) is 52.8 Å². The first kappa shape index (κ1) is 16.6. The van der Waals surface area contributed by atoms with Crippen LogP contribution in [0.3, 0.4) is 0 Å². The van der Waals surface area contributed by atoms with E-state index in [0.717, 1.165) is 6.07 Å². The van der Waals surface area contributed by atoms with Crippen molar-refractivity contribution in [2.24, 2.45) is 7.05 Å². The summed E-state index contributed by atoms with van der Waals surface area (Å²) < 4.78 is 43.2. The van der Waals surface area contributed by atoms with Crippen LogP contribution >= 0.6 is 0 Å². The summed E-state index contributed by atoms with van der Waals surface area (Å²) in [6, 6.07) is 5.04. The van der Waals surface area contributed by atoms with Crippen LogP contribution in [0, 0.1) is 0 Å². The van der Waals surface area contributed by atoms with Gasteiger partial charge in [-0.1, -0.05) is 23.7 Å². The van der Waals surface area contributed by atoms with E-state index in [1.807, 2.05) is 0 Å². The quantitative estimate of drug-likeness (QED) is 0.604. The zero-order valence-electron chi connectivity index (χ0n) is 10.4. The third-order valence-corrected chi connectivity index (χ3v) is 2.18. The van der Waals surface area contributed by atoms with Crippen LogP contribution in [0.15, 0.2) is 24.3 Å². The molecule has 0 bridgehead atoms. The number of aromatic nitrogens is 4. The molecule has 0 aliphatic heterocycles. The van der Waals surface area contributed by atoms with Crippen LogP contribution < -0.4 is 61.6 Å². The first-order valence-electron chi connectivity index (χ1n) is 5.11. The van der Waals surface area contributed by atoms with Gasteiger partial charge in [-0.3, -0.25) is 0 Å². The zero-order valence-corrected chi connectivity index (χ0v) is 13.5. The van der Waals surface area contributed by atoms with Gasteiger partial charge in [0.2, 0.25) is 5.82 Å². The van der Waals surface area contributed by atoms with Crippen molar-refractivity contribution in [1.82, 2.24) is 20.2 Å². The number of nitrogens with zero attached hydrogens (tertiary/aromatic N) is 4. The summed E-state index contributed by atoms with van der Waals surface area (Å²) >= 11 is 0. The van der Waals surface area contributed by atoms with Crippen LogP contribution in [-0.2, 0) is 13.7 Å². The third-order valence-electron chi connectivity index (χ3n) is 2.18. The summed E-state index contributed by atoms with van der Waals surface area (Å²) in [6.07, 6.45) is 0. The fourth-order valence-corrected chi connectivity index (χ4v) is 1.41. The van der Waals surface area contributed by atoms with Crippen LogP contribution in [0.25, 0.3) is 0 Å². The second-order valence-corrected chi connectivity index (χ2v) is 3.60. The molecule has 0 unspecified atom stereocenters. The molecule has 0 atom stereocenters. The maximum absolute atomic E-state index is 12.7. The molecule has 0 fully saturated rings. The van der Waals surface area contributed by atoms with Gasteiger partial charge in [0.05, 0.1) is 12.8 Å². The average Bonchev–Trinajstić information content (AvgIpc) is 2.72. The Morgan fingerprint density at radius 3 is 2.53 bits per heavy atom. The molecule has 19 heavy (non-hydrogen) atoms. The van der Waals surface area contributed by atoms with Crippen molar-refractivity contribution in [3.8, 4) is 5.75 Å². The summed E-state index contributed by atoms with van der Waals surface area (Å²) in [7, 11) is 1.56. The Hall–Kier alpha value is -0.419. The number of hydrogen-bond acceptors (Lipinski definition) is 4. The smallest absolute Gasteiger partial charge is 0.488 e. The minimum absolute atomic E-state index is 0. The molecular weight excluding hydrogens is 287 g/mol. The molecule has 96 valence electrons. The van der Waals surface area contributed by atoms with E-state index in [2.05, 4.69) is 15.4 Å². The molecule has 0 aliphatic carbocycles. The van der Waals surface area contributed by atoms with Crippen LogP contribution in [-0.4, -0.2) is 27.2 Å². The van der Waals surface area contributed by atoms with Crippen molar-refractivity contribution in [1.29, 1.82) is 0 Å².